The molecular weight excluding hydrogens is 316 g/mol. The Morgan fingerprint density at radius 1 is 1.14 bits per heavy atom. The molecule has 0 saturated heterocycles. The van der Waals surface area contributed by atoms with Crippen LogP contribution in [0.1, 0.15) is 5.82 Å². The van der Waals surface area contributed by atoms with E-state index in [9.17, 15) is 31.1 Å². The summed E-state index contributed by atoms with van der Waals surface area (Å²) in [7, 11) is 0. The Kier molecular flexibility index (Phi) is 4.03. The average Bonchev–Trinajstić information content (AvgIpc) is 2.75. The number of benzene rings is 1. The first-order valence-corrected chi connectivity index (χ1v) is 5.94. The Hall–Kier alpha value is -2.26. The highest BCUT2D eigenvalue weighted by atomic mass is 19.4. The predicted octanol–water partition coefficient (Wildman–Crippen LogP) is 2.73. The molecule has 0 saturated carbocycles. The summed E-state index contributed by atoms with van der Waals surface area (Å²) in [6.07, 6.45) is -9.47. The van der Waals surface area contributed by atoms with E-state index in [1.165, 1.54) is 29.6 Å². The minimum absolute atomic E-state index is 0.00144. The minimum Gasteiger partial charge on any atom is -0.345 e. The van der Waals surface area contributed by atoms with E-state index in [1.807, 2.05) is 0 Å². The van der Waals surface area contributed by atoms with Crippen LogP contribution >= 0.6 is 0 Å². The van der Waals surface area contributed by atoms with Crippen LogP contribution in [0.3, 0.4) is 0 Å². The van der Waals surface area contributed by atoms with Gasteiger partial charge in [0.2, 0.25) is 11.7 Å². The number of hydrogen-bond donors (Lipinski definition) is 1. The first-order valence-electron chi connectivity index (χ1n) is 5.94. The largest absolute Gasteiger partial charge is 0.449 e. The summed E-state index contributed by atoms with van der Waals surface area (Å²) < 4.78 is 75.3. The van der Waals surface area contributed by atoms with Gasteiger partial charge in [-0.25, -0.2) is 4.98 Å². The van der Waals surface area contributed by atoms with Crippen LogP contribution in [-0.4, -0.2) is 28.2 Å². The lowest BCUT2D eigenvalue weighted by atomic mass is 10.3. The standard InChI is InChI=1S/C12H9F6N3O/c13-11(14,15)6-19-9(22)5-21-8-4-2-1-3-7(8)20-10(21)12(16,17)18/h1-4H,5-6H2,(H,19,22). The van der Waals surface area contributed by atoms with Crippen LogP contribution in [-0.2, 0) is 17.5 Å². The highest BCUT2D eigenvalue weighted by molar-refractivity contribution is 5.81. The van der Waals surface area contributed by atoms with Crippen molar-refractivity contribution >= 4 is 16.9 Å². The number of nitrogens with zero attached hydrogens (tertiary/aromatic N) is 2. The number of aromatic nitrogens is 2. The van der Waals surface area contributed by atoms with Gasteiger partial charge in [-0.05, 0) is 12.1 Å². The normalized spacial score (nSPS) is 12.6. The van der Waals surface area contributed by atoms with Gasteiger partial charge in [-0.2, -0.15) is 26.3 Å². The number of imidazole rings is 1. The zero-order chi connectivity index (χ0) is 16.5. The molecule has 120 valence electrons. The fourth-order valence-corrected chi connectivity index (χ4v) is 1.85. The van der Waals surface area contributed by atoms with E-state index >= 15 is 0 Å². The molecule has 10 heteroatoms. The van der Waals surface area contributed by atoms with Gasteiger partial charge < -0.3 is 9.88 Å². The molecule has 1 aromatic heterocycles. The Morgan fingerprint density at radius 2 is 1.77 bits per heavy atom. The summed E-state index contributed by atoms with van der Waals surface area (Å²) in [5, 5.41) is 1.52. The molecule has 4 nitrogen and oxygen atoms in total. The highest BCUT2D eigenvalue weighted by Gasteiger charge is 2.38. The molecule has 22 heavy (non-hydrogen) atoms. The SMILES string of the molecule is O=C(Cn1c(C(F)(F)F)nc2ccccc21)NCC(F)(F)F. The Labute approximate surface area is 119 Å². The molecule has 1 amide bonds. The van der Waals surface area contributed by atoms with E-state index in [4.69, 9.17) is 0 Å². The van der Waals surface area contributed by atoms with E-state index in [2.05, 4.69) is 4.98 Å². The minimum atomic E-state index is -4.83. The average molecular weight is 325 g/mol. The van der Waals surface area contributed by atoms with Crippen molar-refractivity contribution < 1.29 is 31.1 Å². The quantitative estimate of drug-likeness (QED) is 0.882. The van der Waals surface area contributed by atoms with Gasteiger partial charge >= 0.3 is 12.4 Å². The zero-order valence-electron chi connectivity index (χ0n) is 10.8. The van der Waals surface area contributed by atoms with Gasteiger partial charge in [0, 0.05) is 0 Å². The van der Waals surface area contributed by atoms with Crippen LogP contribution in [0.25, 0.3) is 11.0 Å². The number of fused-ring (bicyclic) bond motifs is 1. The molecule has 1 heterocycles. The summed E-state index contributed by atoms with van der Waals surface area (Å²) >= 11 is 0. The monoisotopic (exact) mass is 325 g/mol. The topological polar surface area (TPSA) is 46.9 Å². The lowest BCUT2D eigenvalue weighted by Gasteiger charge is -2.12. The van der Waals surface area contributed by atoms with Crippen LogP contribution in [0.2, 0.25) is 0 Å². The van der Waals surface area contributed by atoms with Crippen LogP contribution in [0.4, 0.5) is 26.3 Å². The fourth-order valence-electron chi connectivity index (χ4n) is 1.85. The Balaban J connectivity index is 2.31. The number of rotatable bonds is 3. The van der Waals surface area contributed by atoms with Crippen LogP contribution in [0.5, 0.6) is 0 Å². The third-order valence-electron chi connectivity index (χ3n) is 2.70. The summed E-state index contributed by atoms with van der Waals surface area (Å²) in [5.41, 5.74) is 0.00966. The summed E-state index contributed by atoms with van der Waals surface area (Å²) in [6, 6.07) is 5.52. The summed E-state index contributed by atoms with van der Waals surface area (Å²) in [6.45, 7) is -2.52. The lowest BCUT2D eigenvalue weighted by Crippen LogP contribution is -2.36. The van der Waals surface area contributed by atoms with E-state index in [0.717, 1.165) is 0 Å². The number of para-hydroxylation sites is 2. The third kappa shape index (κ3) is 3.68. The third-order valence-corrected chi connectivity index (χ3v) is 2.70. The van der Waals surface area contributed by atoms with Crippen molar-refractivity contribution in [2.45, 2.75) is 18.9 Å². The number of alkyl halides is 6. The molecule has 0 atom stereocenters. The van der Waals surface area contributed by atoms with Crippen molar-refractivity contribution in [2.75, 3.05) is 6.54 Å². The lowest BCUT2D eigenvalue weighted by molar-refractivity contribution is -0.148. The smallest absolute Gasteiger partial charge is 0.345 e. The molecule has 0 radical (unpaired) electrons. The number of carbonyl (C=O) groups is 1. The molecular formula is C12H9F6N3O. The van der Waals surface area contributed by atoms with Gasteiger partial charge in [0.15, 0.2) is 0 Å². The van der Waals surface area contributed by atoms with Crippen molar-refractivity contribution in [2.24, 2.45) is 0 Å². The van der Waals surface area contributed by atoms with Crippen molar-refractivity contribution in [3.05, 3.63) is 30.1 Å². The summed E-state index contributed by atoms with van der Waals surface area (Å²) in [4.78, 5) is 14.8. The fraction of sp³-hybridized carbons (Fsp3) is 0.333. The van der Waals surface area contributed by atoms with Crippen LogP contribution in [0, 0.1) is 0 Å². The van der Waals surface area contributed by atoms with Gasteiger partial charge in [0.25, 0.3) is 0 Å². The van der Waals surface area contributed by atoms with Crippen molar-refractivity contribution in [1.29, 1.82) is 0 Å². The second-order valence-corrected chi connectivity index (χ2v) is 4.40. The summed E-state index contributed by atoms with van der Waals surface area (Å²) in [5.74, 6) is -2.53. The van der Waals surface area contributed by atoms with Crippen LogP contribution < -0.4 is 5.32 Å². The van der Waals surface area contributed by atoms with Crippen molar-refractivity contribution in [3.63, 3.8) is 0 Å². The van der Waals surface area contributed by atoms with E-state index in [1.54, 1.807) is 0 Å². The molecule has 0 aliphatic rings. The maximum absolute atomic E-state index is 12.9. The molecule has 0 aliphatic heterocycles. The molecule has 2 aromatic rings. The van der Waals surface area contributed by atoms with Crippen molar-refractivity contribution in [3.8, 4) is 0 Å². The van der Waals surface area contributed by atoms with Crippen molar-refractivity contribution in [1.82, 2.24) is 14.9 Å². The molecule has 2 rings (SSSR count). The second-order valence-electron chi connectivity index (χ2n) is 4.40. The molecule has 0 fully saturated rings. The Morgan fingerprint density at radius 3 is 2.36 bits per heavy atom. The number of hydrogen-bond acceptors (Lipinski definition) is 2. The maximum Gasteiger partial charge on any atom is 0.449 e. The highest BCUT2D eigenvalue weighted by Crippen LogP contribution is 2.31. The Bertz CT molecular complexity index is 688. The molecule has 1 aromatic carbocycles. The first-order chi connectivity index (χ1) is 10.1. The van der Waals surface area contributed by atoms with Crippen LogP contribution in [0.15, 0.2) is 24.3 Å². The number of halogens is 6. The van der Waals surface area contributed by atoms with E-state index < -0.39 is 37.2 Å². The predicted molar refractivity (Wildman–Crippen MR) is 63.8 cm³/mol. The second kappa shape index (κ2) is 5.50. The molecule has 0 bridgehead atoms. The van der Waals surface area contributed by atoms with E-state index in [0.29, 0.717) is 4.57 Å². The first kappa shape index (κ1) is 16.1. The molecule has 0 aliphatic carbocycles. The zero-order valence-corrected chi connectivity index (χ0v) is 10.8. The van der Waals surface area contributed by atoms with Gasteiger partial charge in [-0.15, -0.1) is 0 Å². The van der Waals surface area contributed by atoms with E-state index in [-0.39, 0.29) is 11.0 Å². The number of carbonyl (C=O) groups excluding carboxylic acids is 1. The molecule has 1 N–H and O–H groups in total. The molecule has 0 spiro atoms. The maximum atomic E-state index is 12.9. The van der Waals surface area contributed by atoms with Gasteiger partial charge in [0.1, 0.15) is 13.1 Å². The van der Waals surface area contributed by atoms with Gasteiger partial charge in [-0.1, -0.05) is 12.1 Å². The molecule has 0 unspecified atom stereocenters. The number of amides is 1. The van der Waals surface area contributed by atoms with Gasteiger partial charge in [0.05, 0.1) is 11.0 Å². The number of nitrogens with one attached hydrogen (secondary N) is 1. The van der Waals surface area contributed by atoms with Gasteiger partial charge in [-0.3, -0.25) is 4.79 Å².